The van der Waals surface area contributed by atoms with Gasteiger partial charge in [-0.3, -0.25) is 10.1 Å². The van der Waals surface area contributed by atoms with Gasteiger partial charge in [0.15, 0.2) is 11.0 Å². The van der Waals surface area contributed by atoms with Gasteiger partial charge < -0.3 is 15.2 Å². The summed E-state index contributed by atoms with van der Waals surface area (Å²) >= 11 is 0.994. The van der Waals surface area contributed by atoms with Gasteiger partial charge in [0, 0.05) is 7.05 Å². The molecule has 0 aliphatic carbocycles. The molecule has 1 atom stereocenters. The lowest BCUT2D eigenvalue weighted by atomic mass is 10.3. The van der Waals surface area contributed by atoms with E-state index in [9.17, 15) is 14.4 Å². The van der Waals surface area contributed by atoms with Gasteiger partial charge in [0.05, 0.1) is 0 Å². The zero-order valence-corrected chi connectivity index (χ0v) is 10.5. The first-order chi connectivity index (χ1) is 8.45. The second kappa shape index (κ2) is 6.01. The second-order valence-corrected chi connectivity index (χ2v) is 4.16. The summed E-state index contributed by atoms with van der Waals surface area (Å²) in [5, 5.41) is 14.7. The van der Waals surface area contributed by atoms with E-state index >= 15 is 0 Å². The van der Waals surface area contributed by atoms with Gasteiger partial charge in [-0.15, -0.1) is 11.3 Å². The fourth-order valence-corrected chi connectivity index (χ4v) is 1.73. The molecule has 1 aromatic rings. The summed E-state index contributed by atoms with van der Waals surface area (Å²) in [6, 6.07) is 0.803. The Labute approximate surface area is 107 Å². The topological polar surface area (TPSA) is 105 Å². The summed E-state index contributed by atoms with van der Waals surface area (Å²) in [6.07, 6.45) is -0.977. The lowest BCUT2D eigenvalue weighted by molar-refractivity contribution is -0.126. The first kappa shape index (κ1) is 14.0. The Kier molecular flexibility index (Phi) is 4.67. The van der Waals surface area contributed by atoms with Gasteiger partial charge >= 0.3 is 12.0 Å². The Bertz CT molecular complexity index is 471. The van der Waals surface area contributed by atoms with Crippen molar-refractivity contribution < 1.29 is 24.2 Å². The number of carboxylic acids is 1. The highest BCUT2D eigenvalue weighted by Crippen LogP contribution is 2.25. The van der Waals surface area contributed by atoms with E-state index in [4.69, 9.17) is 9.84 Å². The molecule has 0 spiro atoms. The number of nitrogens with one attached hydrogen (secondary N) is 2. The van der Waals surface area contributed by atoms with Gasteiger partial charge in [0.1, 0.15) is 5.75 Å². The maximum atomic E-state index is 11.5. The minimum absolute atomic E-state index is 0.00888. The number of thiophene rings is 1. The Morgan fingerprint density at radius 3 is 2.67 bits per heavy atom. The number of amides is 3. The number of hydrogen-bond acceptors (Lipinski definition) is 5. The number of urea groups is 1. The molecule has 3 amide bonds. The van der Waals surface area contributed by atoms with E-state index in [0.29, 0.717) is 0 Å². The zero-order valence-electron chi connectivity index (χ0n) is 9.72. The highest BCUT2D eigenvalue weighted by atomic mass is 32.1. The lowest BCUT2D eigenvalue weighted by Gasteiger charge is -2.13. The Morgan fingerprint density at radius 1 is 1.44 bits per heavy atom. The molecule has 0 aliphatic rings. The Hall–Kier alpha value is -2.09. The second-order valence-electron chi connectivity index (χ2n) is 3.25. The predicted octanol–water partition coefficient (Wildman–Crippen LogP) is 0.669. The van der Waals surface area contributed by atoms with Gasteiger partial charge in [0.2, 0.25) is 0 Å². The molecule has 1 rings (SSSR count). The first-order valence-electron chi connectivity index (χ1n) is 4.95. The molecular formula is C10H12N2O5S. The molecule has 1 heterocycles. The van der Waals surface area contributed by atoms with Gasteiger partial charge in [-0.2, -0.15) is 0 Å². The first-order valence-corrected chi connectivity index (χ1v) is 5.83. The van der Waals surface area contributed by atoms with Crippen molar-refractivity contribution in [2.45, 2.75) is 13.0 Å². The fraction of sp³-hybridized carbons (Fsp3) is 0.300. The highest BCUT2D eigenvalue weighted by Gasteiger charge is 2.20. The molecule has 7 nitrogen and oxygen atoms in total. The number of imide groups is 1. The van der Waals surface area contributed by atoms with Crippen LogP contribution in [0.1, 0.15) is 16.6 Å². The van der Waals surface area contributed by atoms with Crippen molar-refractivity contribution in [2.75, 3.05) is 7.05 Å². The van der Waals surface area contributed by atoms with Crippen molar-refractivity contribution in [3.05, 3.63) is 16.3 Å². The van der Waals surface area contributed by atoms with Gasteiger partial charge in [-0.05, 0) is 18.4 Å². The number of carboxylic acid groups (broad SMARTS) is 1. The molecule has 8 heteroatoms. The van der Waals surface area contributed by atoms with Crippen molar-refractivity contribution in [1.82, 2.24) is 10.6 Å². The predicted molar refractivity (Wildman–Crippen MR) is 64.0 cm³/mol. The molecule has 0 saturated carbocycles. The lowest BCUT2D eigenvalue weighted by Crippen LogP contribution is -2.44. The van der Waals surface area contributed by atoms with Gasteiger partial charge in [-0.25, -0.2) is 9.59 Å². The zero-order chi connectivity index (χ0) is 13.7. The molecule has 1 aromatic heterocycles. The van der Waals surface area contributed by atoms with Crippen LogP contribution >= 0.6 is 11.3 Å². The summed E-state index contributed by atoms with van der Waals surface area (Å²) < 4.78 is 5.19. The third-order valence-electron chi connectivity index (χ3n) is 1.96. The van der Waals surface area contributed by atoms with Crippen molar-refractivity contribution >= 4 is 29.2 Å². The van der Waals surface area contributed by atoms with E-state index < -0.39 is 24.0 Å². The Morgan fingerprint density at radius 2 is 2.11 bits per heavy atom. The van der Waals surface area contributed by atoms with Crippen LogP contribution in [0, 0.1) is 0 Å². The van der Waals surface area contributed by atoms with Crippen molar-refractivity contribution in [1.29, 1.82) is 0 Å². The summed E-state index contributed by atoms with van der Waals surface area (Å²) in [5.41, 5.74) is 0. The van der Waals surface area contributed by atoms with E-state index in [1.54, 1.807) is 5.38 Å². The van der Waals surface area contributed by atoms with E-state index in [1.807, 2.05) is 5.32 Å². The van der Waals surface area contributed by atoms with Gasteiger partial charge in [-0.1, -0.05) is 0 Å². The van der Waals surface area contributed by atoms with E-state index in [0.717, 1.165) is 11.3 Å². The molecular weight excluding hydrogens is 260 g/mol. The third kappa shape index (κ3) is 3.45. The van der Waals surface area contributed by atoms with E-state index in [-0.39, 0.29) is 10.6 Å². The molecule has 0 radical (unpaired) electrons. The van der Waals surface area contributed by atoms with Crippen LogP contribution in [0.3, 0.4) is 0 Å². The average Bonchev–Trinajstić information content (AvgIpc) is 2.76. The SMILES string of the molecule is CNC(=O)NC(=O)C(C)Oc1ccsc1C(=O)O. The van der Waals surface area contributed by atoms with Crippen LogP contribution in [-0.2, 0) is 4.79 Å². The average molecular weight is 272 g/mol. The maximum Gasteiger partial charge on any atom is 0.349 e. The largest absolute Gasteiger partial charge is 0.479 e. The Balaban J connectivity index is 2.66. The number of carbonyl (C=O) groups excluding carboxylic acids is 2. The van der Waals surface area contributed by atoms with Crippen LogP contribution < -0.4 is 15.4 Å². The number of hydrogen-bond donors (Lipinski definition) is 3. The fourth-order valence-electron chi connectivity index (χ4n) is 1.07. The number of rotatable bonds is 4. The summed E-state index contributed by atoms with van der Waals surface area (Å²) in [4.78, 5) is 33.2. The molecule has 1 unspecified atom stereocenters. The minimum atomic E-state index is -1.13. The molecule has 0 aliphatic heterocycles. The molecule has 0 aromatic carbocycles. The molecule has 0 saturated heterocycles. The highest BCUT2D eigenvalue weighted by molar-refractivity contribution is 7.12. The number of aromatic carboxylic acids is 1. The van der Waals surface area contributed by atoms with Crippen molar-refractivity contribution in [3.8, 4) is 5.75 Å². The van der Waals surface area contributed by atoms with Crippen LogP contribution in [0.5, 0.6) is 5.75 Å². The smallest absolute Gasteiger partial charge is 0.349 e. The normalized spacial score (nSPS) is 11.4. The number of carbonyl (C=O) groups is 3. The molecule has 3 N–H and O–H groups in total. The maximum absolute atomic E-state index is 11.5. The molecule has 0 fully saturated rings. The summed E-state index contributed by atoms with van der Waals surface area (Å²) in [6.45, 7) is 1.42. The van der Waals surface area contributed by atoms with Crippen LogP contribution in [0.4, 0.5) is 4.79 Å². The molecule has 98 valence electrons. The molecule has 18 heavy (non-hydrogen) atoms. The third-order valence-corrected chi connectivity index (χ3v) is 2.84. The van der Waals surface area contributed by atoms with Crippen molar-refractivity contribution in [3.63, 3.8) is 0 Å². The summed E-state index contributed by atoms with van der Waals surface area (Å²) in [7, 11) is 1.37. The van der Waals surface area contributed by atoms with E-state index in [2.05, 4.69) is 5.32 Å². The standard InChI is InChI=1S/C10H12N2O5S/c1-5(8(13)12-10(16)11-2)17-6-3-4-18-7(6)9(14)15/h3-5H,1-2H3,(H,14,15)(H2,11,12,13,16). The monoisotopic (exact) mass is 272 g/mol. The minimum Gasteiger partial charge on any atom is -0.479 e. The summed E-state index contributed by atoms with van der Waals surface area (Å²) in [5.74, 6) is -1.68. The van der Waals surface area contributed by atoms with Crippen LogP contribution in [0.2, 0.25) is 0 Å². The van der Waals surface area contributed by atoms with Crippen LogP contribution in [0.25, 0.3) is 0 Å². The number of ether oxygens (including phenoxy) is 1. The van der Waals surface area contributed by atoms with Crippen LogP contribution in [-0.4, -0.2) is 36.2 Å². The van der Waals surface area contributed by atoms with Gasteiger partial charge in [0.25, 0.3) is 5.91 Å². The quantitative estimate of drug-likeness (QED) is 0.747. The van der Waals surface area contributed by atoms with E-state index in [1.165, 1.54) is 20.0 Å². The van der Waals surface area contributed by atoms with Crippen molar-refractivity contribution in [2.24, 2.45) is 0 Å². The molecule has 0 bridgehead atoms. The van der Waals surface area contributed by atoms with Crippen LogP contribution in [0.15, 0.2) is 11.4 Å².